The van der Waals surface area contributed by atoms with Crippen molar-refractivity contribution in [2.24, 2.45) is 11.8 Å². The Kier molecular flexibility index (Phi) is 5.50. The van der Waals surface area contributed by atoms with Gasteiger partial charge in [-0.25, -0.2) is 9.97 Å². The lowest BCUT2D eigenvalue weighted by atomic mass is 10.0. The van der Waals surface area contributed by atoms with E-state index in [1.54, 1.807) is 18.5 Å². The fourth-order valence-corrected chi connectivity index (χ4v) is 3.62. The van der Waals surface area contributed by atoms with Gasteiger partial charge in [0.15, 0.2) is 0 Å². The summed E-state index contributed by atoms with van der Waals surface area (Å²) < 4.78 is 0. The first kappa shape index (κ1) is 17.6. The number of piperidine rings is 1. The molecule has 0 saturated carbocycles. The fraction of sp³-hybridized carbons (Fsp3) is 0.667. The molecular weight excluding hydrogens is 318 g/mol. The normalized spacial score (nSPS) is 24.0. The van der Waals surface area contributed by atoms with Gasteiger partial charge in [0, 0.05) is 51.0 Å². The van der Waals surface area contributed by atoms with Crippen molar-refractivity contribution in [1.82, 2.24) is 20.2 Å². The SMILES string of the molecule is CC(C)CN1CC(C(=O)NC2CCCN(c3ncccn3)C2)CC1=O. The van der Waals surface area contributed by atoms with Crippen LogP contribution in [-0.2, 0) is 9.59 Å². The minimum atomic E-state index is -0.227. The molecule has 2 saturated heterocycles. The molecule has 0 spiro atoms. The predicted molar refractivity (Wildman–Crippen MR) is 94.9 cm³/mol. The molecule has 7 heteroatoms. The first-order valence-corrected chi connectivity index (χ1v) is 9.13. The van der Waals surface area contributed by atoms with Crippen molar-refractivity contribution in [3.8, 4) is 0 Å². The maximum atomic E-state index is 12.6. The topological polar surface area (TPSA) is 78.4 Å². The summed E-state index contributed by atoms with van der Waals surface area (Å²) in [7, 11) is 0. The standard InChI is InChI=1S/C18H27N5O2/c1-13(2)10-23-11-14(9-16(23)24)17(25)21-15-5-3-8-22(12-15)18-19-6-4-7-20-18/h4,6-7,13-15H,3,5,8-12H2,1-2H3,(H,21,25). The molecule has 3 rings (SSSR count). The van der Waals surface area contributed by atoms with Gasteiger partial charge in [-0.2, -0.15) is 0 Å². The van der Waals surface area contributed by atoms with Crippen molar-refractivity contribution >= 4 is 17.8 Å². The number of aromatic nitrogens is 2. The number of nitrogens with one attached hydrogen (secondary N) is 1. The number of rotatable bonds is 5. The zero-order valence-corrected chi connectivity index (χ0v) is 15.0. The third-order valence-electron chi connectivity index (χ3n) is 4.77. The van der Waals surface area contributed by atoms with E-state index < -0.39 is 0 Å². The van der Waals surface area contributed by atoms with E-state index in [-0.39, 0.29) is 23.8 Å². The second kappa shape index (κ2) is 7.80. The zero-order chi connectivity index (χ0) is 17.8. The van der Waals surface area contributed by atoms with Gasteiger partial charge in [-0.15, -0.1) is 0 Å². The van der Waals surface area contributed by atoms with Crippen LogP contribution in [-0.4, -0.2) is 58.9 Å². The lowest BCUT2D eigenvalue weighted by molar-refractivity contribution is -0.129. The molecule has 1 N–H and O–H groups in total. The minimum absolute atomic E-state index is 0.000404. The second-order valence-electron chi connectivity index (χ2n) is 7.44. The molecule has 2 fully saturated rings. The van der Waals surface area contributed by atoms with Gasteiger partial charge in [-0.3, -0.25) is 9.59 Å². The Bertz CT molecular complexity index is 607. The summed E-state index contributed by atoms with van der Waals surface area (Å²) >= 11 is 0. The number of nitrogens with zero attached hydrogens (tertiary/aromatic N) is 4. The van der Waals surface area contributed by atoms with Gasteiger partial charge in [-0.1, -0.05) is 13.8 Å². The zero-order valence-electron chi connectivity index (χ0n) is 15.0. The van der Waals surface area contributed by atoms with Crippen molar-refractivity contribution in [1.29, 1.82) is 0 Å². The van der Waals surface area contributed by atoms with E-state index in [0.29, 0.717) is 31.4 Å². The molecule has 136 valence electrons. The average molecular weight is 345 g/mol. The van der Waals surface area contributed by atoms with Crippen molar-refractivity contribution in [3.63, 3.8) is 0 Å². The Labute approximate surface area is 148 Å². The Morgan fingerprint density at radius 3 is 2.80 bits per heavy atom. The van der Waals surface area contributed by atoms with Crippen LogP contribution in [0.4, 0.5) is 5.95 Å². The molecule has 2 unspecified atom stereocenters. The third kappa shape index (κ3) is 4.46. The van der Waals surface area contributed by atoms with E-state index in [1.165, 1.54) is 0 Å². The van der Waals surface area contributed by atoms with Crippen LogP contribution < -0.4 is 10.2 Å². The summed E-state index contributed by atoms with van der Waals surface area (Å²) in [4.78, 5) is 37.2. The number of amides is 2. The Balaban J connectivity index is 1.53. The first-order valence-electron chi connectivity index (χ1n) is 9.13. The number of anilines is 1. The maximum absolute atomic E-state index is 12.6. The van der Waals surface area contributed by atoms with Crippen LogP contribution in [0.1, 0.15) is 33.1 Å². The minimum Gasteiger partial charge on any atom is -0.351 e. The Hall–Kier alpha value is -2.18. The lowest BCUT2D eigenvalue weighted by Gasteiger charge is -2.33. The van der Waals surface area contributed by atoms with E-state index in [0.717, 1.165) is 25.9 Å². The van der Waals surface area contributed by atoms with Crippen LogP contribution >= 0.6 is 0 Å². The quantitative estimate of drug-likeness (QED) is 0.863. The van der Waals surface area contributed by atoms with Crippen molar-refractivity contribution < 1.29 is 9.59 Å². The largest absolute Gasteiger partial charge is 0.351 e. The number of carbonyl (C=O) groups excluding carboxylic acids is 2. The maximum Gasteiger partial charge on any atom is 0.225 e. The molecule has 2 atom stereocenters. The van der Waals surface area contributed by atoms with Crippen molar-refractivity contribution in [2.75, 3.05) is 31.1 Å². The molecule has 3 heterocycles. The third-order valence-corrected chi connectivity index (χ3v) is 4.77. The smallest absolute Gasteiger partial charge is 0.225 e. The molecule has 7 nitrogen and oxygen atoms in total. The number of hydrogen-bond donors (Lipinski definition) is 1. The Morgan fingerprint density at radius 2 is 2.08 bits per heavy atom. The van der Waals surface area contributed by atoms with Crippen LogP contribution in [0.3, 0.4) is 0 Å². The fourth-order valence-electron chi connectivity index (χ4n) is 3.62. The molecule has 0 aliphatic carbocycles. The van der Waals surface area contributed by atoms with E-state index in [9.17, 15) is 9.59 Å². The Morgan fingerprint density at radius 1 is 1.32 bits per heavy atom. The summed E-state index contributed by atoms with van der Waals surface area (Å²) in [6.07, 6.45) is 5.74. The highest BCUT2D eigenvalue weighted by Gasteiger charge is 2.35. The van der Waals surface area contributed by atoms with Gasteiger partial charge in [0.05, 0.1) is 5.92 Å². The van der Waals surface area contributed by atoms with Crippen LogP contribution in [0, 0.1) is 11.8 Å². The molecule has 1 aromatic heterocycles. The van der Waals surface area contributed by atoms with Crippen LogP contribution in [0.5, 0.6) is 0 Å². The van der Waals surface area contributed by atoms with Crippen LogP contribution in [0.2, 0.25) is 0 Å². The summed E-state index contributed by atoms with van der Waals surface area (Å²) in [5.74, 6) is 0.996. The molecule has 0 bridgehead atoms. The number of likely N-dealkylation sites (tertiary alicyclic amines) is 1. The van der Waals surface area contributed by atoms with E-state index in [2.05, 4.69) is 34.0 Å². The average Bonchev–Trinajstić information content (AvgIpc) is 2.96. The molecule has 1 aromatic rings. The number of hydrogen-bond acceptors (Lipinski definition) is 5. The van der Waals surface area contributed by atoms with Gasteiger partial charge >= 0.3 is 0 Å². The molecule has 0 aromatic carbocycles. The van der Waals surface area contributed by atoms with E-state index >= 15 is 0 Å². The summed E-state index contributed by atoms with van der Waals surface area (Å²) in [5, 5.41) is 3.14. The summed E-state index contributed by atoms with van der Waals surface area (Å²) in [6, 6.07) is 1.88. The lowest BCUT2D eigenvalue weighted by Crippen LogP contribution is -2.50. The first-order chi connectivity index (χ1) is 12.0. The highest BCUT2D eigenvalue weighted by Crippen LogP contribution is 2.21. The molecule has 2 aliphatic heterocycles. The van der Waals surface area contributed by atoms with Gasteiger partial charge < -0.3 is 15.1 Å². The van der Waals surface area contributed by atoms with Crippen molar-refractivity contribution in [2.45, 2.75) is 39.2 Å². The second-order valence-corrected chi connectivity index (χ2v) is 7.44. The highest BCUT2D eigenvalue weighted by atomic mass is 16.2. The molecule has 2 aliphatic rings. The number of carbonyl (C=O) groups is 2. The molecule has 2 amide bonds. The molecule has 0 radical (unpaired) electrons. The highest BCUT2D eigenvalue weighted by molar-refractivity contribution is 5.89. The van der Waals surface area contributed by atoms with Gasteiger partial charge in [0.1, 0.15) is 0 Å². The van der Waals surface area contributed by atoms with E-state index in [1.807, 2.05) is 4.90 Å². The predicted octanol–water partition coefficient (Wildman–Crippen LogP) is 1.07. The van der Waals surface area contributed by atoms with Gasteiger partial charge in [-0.05, 0) is 24.8 Å². The van der Waals surface area contributed by atoms with Crippen LogP contribution in [0.25, 0.3) is 0 Å². The monoisotopic (exact) mass is 345 g/mol. The summed E-state index contributed by atoms with van der Waals surface area (Å²) in [5.41, 5.74) is 0. The molecule has 25 heavy (non-hydrogen) atoms. The van der Waals surface area contributed by atoms with Gasteiger partial charge in [0.25, 0.3) is 0 Å². The van der Waals surface area contributed by atoms with Crippen molar-refractivity contribution in [3.05, 3.63) is 18.5 Å². The summed E-state index contributed by atoms with van der Waals surface area (Å²) in [6.45, 7) is 7.06. The molecular formula is C18H27N5O2. The van der Waals surface area contributed by atoms with Gasteiger partial charge in [0.2, 0.25) is 17.8 Å². The van der Waals surface area contributed by atoms with Crippen LogP contribution in [0.15, 0.2) is 18.5 Å². The van der Waals surface area contributed by atoms with E-state index in [4.69, 9.17) is 0 Å².